The fourth-order valence-electron chi connectivity index (χ4n) is 2.76. The summed E-state index contributed by atoms with van der Waals surface area (Å²) >= 11 is 1.55. The minimum Gasteiger partial charge on any atom is -0.360 e. The summed E-state index contributed by atoms with van der Waals surface area (Å²) in [6, 6.07) is 5.79. The summed E-state index contributed by atoms with van der Waals surface area (Å²) < 4.78 is 0. The molecule has 2 aromatic heterocycles. The van der Waals surface area contributed by atoms with Crippen LogP contribution in [-0.4, -0.2) is 53.0 Å². The summed E-state index contributed by atoms with van der Waals surface area (Å²) in [6.07, 6.45) is 5.20. The van der Waals surface area contributed by atoms with E-state index < -0.39 is 0 Å². The maximum absolute atomic E-state index is 12.1. The predicted octanol–water partition coefficient (Wildman–Crippen LogP) is 1.72. The minimum atomic E-state index is -0.255. The van der Waals surface area contributed by atoms with Crippen LogP contribution in [0.15, 0.2) is 29.9 Å². The van der Waals surface area contributed by atoms with Gasteiger partial charge >= 0.3 is 0 Å². The number of carbonyl (C=O) groups excluding carboxylic acids is 1. The van der Waals surface area contributed by atoms with Crippen LogP contribution in [0.5, 0.6) is 0 Å². The number of rotatable bonds is 7. The molecule has 7 nitrogen and oxygen atoms in total. The molecule has 0 spiro atoms. The molecular formula is C17H20N6OS. The fourth-order valence-corrected chi connectivity index (χ4v) is 3.51. The van der Waals surface area contributed by atoms with Gasteiger partial charge in [-0.25, -0.2) is 4.98 Å². The monoisotopic (exact) mass is 356 g/mol. The first-order valence-electron chi connectivity index (χ1n) is 8.27. The van der Waals surface area contributed by atoms with Crippen molar-refractivity contribution in [2.75, 3.05) is 31.5 Å². The molecule has 0 aromatic carbocycles. The van der Waals surface area contributed by atoms with Gasteiger partial charge in [-0.15, -0.1) is 11.3 Å². The van der Waals surface area contributed by atoms with Crippen LogP contribution in [0.25, 0.3) is 11.3 Å². The number of amides is 1. The summed E-state index contributed by atoms with van der Waals surface area (Å²) in [5, 5.41) is 18.2. The average Bonchev–Trinajstić information content (AvgIpc) is 3.31. The molecule has 8 heteroatoms. The Hall–Kier alpha value is -2.50. The topological polar surface area (TPSA) is 93.9 Å². The number of hydrogen-bond donors (Lipinski definition) is 2. The van der Waals surface area contributed by atoms with Gasteiger partial charge in [0, 0.05) is 43.0 Å². The molecule has 1 unspecified atom stereocenters. The van der Waals surface area contributed by atoms with Crippen molar-refractivity contribution in [1.29, 1.82) is 5.26 Å². The number of likely N-dealkylation sites (tertiary alicyclic amines) is 1. The van der Waals surface area contributed by atoms with Gasteiger partial charge < -0.3 is 15.5 Å². The molecule has 1 amide bonds. The molecule has 25 heavy (non-hydrogen) atoms. The highest BCUT2D eigenvalue weighted by Gasteiger charge is 2.27. The van der Waals surface area contributed by atoms with Crippen LogP contribution >= 0.6 is 11.3 Å². The standard InChI is InChI=1S/C17H20N6OS/c18-10-14-2-1-9-23(14)16(24)11-20-7-8-21-17-22-15(12-25-17)13-3-5-19-6-4-13/h3-6,12,14,20H,1-2,7-9,11H2,(H,21,22). The van der Waals surface area contributed by atoms with Gasteiger partial charge in [-0.2, -0.15) is 5.26 Å². The summed E-state index contributed by atoms with van der Waals surface area (Å²) in [6.45, 7) is 2.28. The number of anilines is 1. The molecule has 3 heterocycles. The third-order valence-corrected chi connectivity index (χ3v) is 4.86. The molecule has 3 rings (SSSR count). The third kappa shape index (κ3) is 4.53. The Balaban J connectivity index is 1.37. The highest BCUT2D eigenvalue weighted by molar-refractivity contribution is 7.14. The van der Waals surface area contributed by atoms with E-state index in [2.05, 4.69) is 26.7 Å². The number of nitrogens with one attached hydrogen (secondary N) is 2. The quantitative estimate of drug-likeness (QED) is 0.734. The lowest BCUT2D eigenvalue weighted by Gasteiger charge is -2.19. The normalized spacial score (nSPS) is 16.6. The Morgan fingerprint density at radius 1 is 1.40 bits per heavy atom. The van der Waals surface area contributed by atoms with Crippen LogP contribution in [0.2, 0.25) is 0 Å². The Kier molecular flexibility index (Phi) is 5.93. The predicted molar refractivity (Wildman–Crippen MR) is 97.1 cm³/mol. The zero-order chi connectivity index (χ0) is 17.5. The van der Waals surface area contributed by atoms with Gasteiger partial charge in [-0.3, -0.25) is 9.78 Å². The summed E-state index contributed by atoms with van der Waals surface area (Å²) in [4.78, 5) is 22.3. The maximum atomic E-state index is 12.1. The van der Waals surface area contributed by atoms with E-state index in [4.69, 9.17) is 5.26 Å². The van der Waals surface area contributed by atoms with Crippen LogP contribution in [0.4, 0.5) is 5.13 Å². The zero-order valence-electron chi connectivity index (χ0n) is 13.8. The number of nitriles is 1. The molecule has 1 atom stereocenters. The first kappa shape index (κ1) is 17.3. The van der Waals surface area contributed by atoms with E-state index in [0.717, 1.165) is 29.2 Å². The number of carbonyl (C=O) groups is 1. The number of hydrogen-bond acceptors (Lipinski definition) is 7. The van der Waals surface area contributed by atoms with Gasteiger partial charge in [-0.05, 0) is 25.0 Å². The number of pyridine rings is 1. The second kappa shape index (κ2) is 8.55. The van der Waals surface area contributed by atoms with Gasteiger partial charge in [0.1, 0.15) is 6.04 Å². The largest absolute Gasteiger partial charge is 0.360 e. The lowest BCUT2D eigenvalue weighted by Crippen LogP contribution is -2.41. The van der Waals surface area contributed by atoms with E-state index in [0.29, 0.717) is 19.6 Å². The second-order valence-electron chi connectivity index (χ2n) is 5.75. The molecule has 1 aliphatic heterocycles. The van der Waals surface area contributed by atoms with E-state index in [1.54, 1.807) is 28.6 Å². The van der Waals surface area contributed by atoms with Crippen LogP contribution in [0.1, 0.15) is 12.8 Å². The lowest BCUT2D eigenvalue weighted by atomic mass is 10.2. The second-order valence-corrected chi connectivity index (χ2v) is 6.61. The molecule has 0 aliphatic carbocycles. The van der Waals surface area contributed by atoms with Gasteiger partial charge in [0.15, 0.2) is 5.13 Å². The molecule has 1 saturated heterocycles. The number of thiazole rings is 1. The van der Waals surface area contributed by atoms with E-state index in [9.17, 15) is 4.79 Å². The first-order chi connectivity index (χ1) is 12.3. The number of aromatic nitrogens is 2. The molecule has 2 N–H and O–H groups in total. The van der Waals surface area contributed by atoms with Crippen LogP contribution in [-0.2, 0) is 4.79 Å². The molecule has 2 aromatic rings. The highest BCUT2D eigenvalue weighted by Crippen LogP contribution is 2.23. The van der Waals surface area contributed by atoms with Crippen molar-refractivity contribution in [3.8, 4) is 17.3 Å². The van der Waals surface area contributed by atoms with E-state index in [1.165, 1.54) is 0 Å². The summed E-state index contributed by atoms with van der Waals surface area (Å²) in [7, 11) is 0. The molecule has 0 saturated carbocycles. The van der Waals surface area contributed by atoms with Crippen LogP contribution in [0.3, 0.4) is 0 Å². The summed E-state index contributed by atoms with van der Waals surface area (Å²) in [5.74, 6) is -0.00160. The van der Waals surface area contributed by atoms with Crippen LogP contribution in [0, 0.1) is 11.3 Å². The molecule has 130 valence electrons. The van der Waals surface area contributed by atoms with Crippen molar-refractivity contribution in [1.82, 2.24) is 20.2 Å². The van der Waals surface area contributed by atoms with Gasteiger partial charge in [-0.1, -0.05) is 0 Å². The molecule has 0 radical (unpaired) electrons. The lowest BCUT2D eigenvalue weighted by molar-refractivity contribution is -0.130. The highest BCUT2D eigenvalue weighted by atomic mass is 32.1. The van der Waals surface area contributed by atoms with Crippen molar-refractivity contribution in [3.05, 3.63) is 29.9 Å². The summed E-state index contributed by atoms with van der Waals surface area (Å²) in [5.41, 5.74) is 1.97. The molecule has 1 fully saturated rings. The Morgan fingerprint density at radius 2 is 2.24 bits per heavy atom. The first-order valence-corrected chi connectivity index (χ1v) is 9.15. The maximum Gasteiger partial charge on any atom is 0.237 e. The number of nitrogens with zero attached hydrogens (tertiary/aromatic N) is 4. The Labute approximate surface area is 150 Å². The van der Waals surface area contributed by atoms with Crippen molar-refractivity contribution in [2.45, 2.75) is 18.9 Å². The minimum absolute atomic E-state index is 0.00160. The van der Waals surface area contributed by atoms with Crippen molar-refractivity contribution < 1.29 is 4.79 Å². The van der Waals surface area contributed by atoms with Crippen molar-refractivity contribution >= 4 is 22.4 Å². The molecule has 0 bridgehead atoms. The van der Waals surface area contributed by atoms with Gasteiger partial charge in [0.25, 0.3) is 0 Å². The third-order valence-electron chi connectivity index (χ3n) is 4.06. The SMILES string of the molecule is N#CC1CCCN1C(=O)CNCCNc1nc(-c2ccncc2)cs1. The Bertz CT molecular complexity index is 741. The average molecular weight is 356 g/mol. The molecule has 1 aliphatic rings. The van der Waals surface area contributed by atoms with Gasteiger partial charge in [0.2, 0.25) is 5.91 Å². The molecular weight excluding hydrogens is 336 g/mol. The Morgan fingerprint density at radius 3 is 3.04 bits per heavy atom. The van der Waals surface area contributed by atoms with Gasteiger partial charge in [0.05, 0.1) is 18.3 Å². The van der Waals surface area contributed by atoms with Crippen molar-refractivity contribution in [2.24, 2.45) is 0 Å². The van der Waals surface area contributed by atoms with E-state index >= 15 is 0 Å². The zero-order valence-corrected chi connectivity index (χ0v) is 14.6. The van der Waals surface area contributed by atoms with Crippen LogP contribution < -0.4 is 10.6 Å². The van der Waals surface area contributed by atoms with Crippen molar-refractivity contribution in [3.63, 3.8) is 0 Å². The fraction of sp³-hybridized carbons (Fsp3) is 0.412. The van der Waals surface area contributed by atoms with E-state index in [-0.39, 0.29) is 18.5 Å². The van der Waals surface area contributed by atoms with E-state index in [1.807, 2.05) is 17.5 Å². The smallest absolute Gasteiger partial charge is 0.237 e.